The first-order valence-electron chi connectivity index (χ1n) is 9.13. The number of amides is 1. The van der Waals surface area contributed by atoms with Gasteiger partial charge in [0.1, 0.15) is 12.1 Å². The first-order valence-corrected chi connectivity index (χ1v) is 10.4. The monoisotopic (exact) mass is 426 g/mol. The number of rotatable bonds is 8. The van der Waals surface area contributed by atoms with Crippen LogP contribution in [-0.2, 0) is 24.3 Å². The second-order valence-electron chi connectivity index (χ2n) is 6.38. The molecule has 9 heteroatoms. The van der Waals surface area contributed by atoms with Crippen molar-refractivity contribution in [3.63, 3.8) is 0 Å². The summed E-state index contributed by atoms with van der Waals surface area (Å²) < 4.78 is 1.77. The van der Waals surface area contributed by atoms with Crippen molar-refractivity contribution in [2.24, 2.45) is 0 Å². The molecule has 0 saturated heterocycles. The lowest BCUT2D eigenvalue weighted by Gasteiger charge is -2.08. The molecule has 2 N–H and O–H groups in total. The Hall–Kier alpha value is -2.97. The Morgan fingerprint density at radius 2 is 2.07 bits per heavy atom. The number of carbonyl (C=O) groups is 1. The van der Waals surface area contributed by atoms with E-state index >= 15 is 0 Å². The van der Waals surface area contributed by atoms with Gasteiger partial charge < -0.3 is 10.6 Å². The molecule has 0 radical (unpaired) electrons. The summed E-state index contributed by atoms with van der Waals surface area (Å²) in [4.78, 5) is 22.1. The van der Waals surface area contributed by atoms with E-state index in [0.29, 0.717) is 24.7 Å². The number of carbonyl (C=O) groups excluding carboxylic acids is 1. The van der Waals surface area contributed by atoms with Gasteiger partial charge in [-0.05, 0) is 23.1 Å². The van der Waals surface area contributed by atoms with Crippen LogP contribution in [0.4, 0.5) is 5.82 Å². The lowest BCUT2D eigenvalue weighted by Crippen LogP contribution is -2.29. The van der Waals surface area contributed by atoms with Crippen molar-refractivity contribution in [1.82, 2.24) is 25.1 Å². The summed E-state index contributed by atoms with van der Waals surface area (Å²) in [5.41, 5.74) is 1.54. The molecule has 0 saturated carbocycles. The van der Waals surface area contributed by atoms with Gasteiger partial charge in [0.2, 0.25) is 5.91 Å². The van der Waals surface area contributed by atoms with Gasteiger partial charge in [-0.3, -0.25) is 4.79 Å². The summed E-state index contributed by atoms with van der Waals surface area (Å²) in [6.45, 7) is 1.66. The van der Waals surface area contributed by atoms with Gasteiger partial charge >= 0.3 is 0 Å². The van der Waals surface area contributed by atoms with Crippen LogP contribution in [0, 0.1) is 0 Å². The maximum Gasteiger partial charge on any atom is 0.224 e. The second kappa shape index (κ2) is 9.02. The Balaban J connectivity index is 1.35. The number of fused-ring (bicyclic) bond motifs is 1. The fourth-order valence-corrected chi connectivity index (χ4v) is 3.81. The molecule has 0 spiro atoms. The molecule has 4 aromatic rings. The second-order valence-corrected chi connectivity index (χ2v) is 7.82. The van der Waals surface area contributed by atoms with Crippen LogP contribution in [0.3, 0.4) is 0 Å². The van der Waals surface area contributed by atoms with Crippen molar-refractivity contribution in [2.45, 2.75) is 19.5 Å². The Labute approximate surface area is 176 Å². The summed E-state index contributed by atoms with van der Waals surface area (Å²) in [5, 5.41) is 14.1. The standard InChI is InChI=1S/C20H19ClN6OS/c21-17-6-2-1-4-14(17)10-18(28)22-7-8-27-20-16(12-26-27)19(24-13-25-20)23-11-15-5-3-9-29-15/h1-6,9,12-13H,7-8,10-11H2,(H,22,28)(H,23,24,25). The van der Waals surface area contributed by atoms with E-state index in [1.807, 2.05) is 29.6 Å². The van der Waals surface area contributed by atoms with Crippen LogP contribution in [0.1, 0.15) is 10.4 Å². The maximum absolute atomic E-state index is 12.2. The SMILES string of the molecule is O=C(Cc1ccccc1Cl)NCCn1ncc2c(NCc3cccs3)ncnc21. The first-order chi connectivity index (χ1) is 14.2. The number of nitrogens with one attached hydrogen (secondary N) is 2. The van der Waals surface area contributed by atoms with E-state index in [1.165, 1.54) is 11.2 Å². The Morgan fingerprint density at radius 1 is 1.17 bits per heavy atom. The Morgan fingerprint density at radius 3 is 2.90 bits per heavy atom. The van der Waals surface area contributed by atoms with Gasteiger partial charge in [-0.1, -0.05) is 35.9 Å². The highest BCUT2D eigenvalue weighted by Crippen LogP contribution is 2.20. The summed E-state index contributed by atoms with van der Waals surface area (Å²) in [7, 11) is 0. The molecule has 0 aliphatic rings. The number of nitrogens with zero attached hydrogens (tertiary/aromatic N) is 4. The van der Waals surface area contributed by atoms with Gasteiger partial charge in [0, 0.05) is 16.4 Å². The molecule has 0 fully saturated rings. The minimum absolute atomic E-state index is 0.0810. The number of benzene rings is 1. The predicted octanol–water partition coefficient (Wildman–Crippen LogP) is 3.51. The summed E-state index contributed by atoms with van der Waals surface area (Å²) in [6, 6.07) is 11.4. The van der Waals surface area contributed by atoms with E-state index in [-0.39, 0.29) is 12.3 Å². The number of halogens is 1. The van der Waals surface area contributed by atoms with Crippen LogP contribution in [0.25, 0.3) is 11.0 Å². The molecular weight excluding hydrogens is 408 g/mol. The van der Waals surface area contributed by atoms with Crippen molar-refractivity contribution in [1.29, 1.82) is 0 Å². The topological polar surface area (TPSA) is 84.7 Å². The zero-order valence-electron chi connectivity index (χ0n) is 15.5. The van der Waals surface area contributed by atoms with E-state index in [2.05, 4.69) is 31.8 Å². The van der Waals surface area contributed by atoms with Crippen LogP contribution in [-0.4, -0.2) is 32.2 Å². The number of hydrogen-bond acceptors (Lipinski definition) is 6. The van der Waals surface area contributed by atoms with Gasteiger partial charge in [-0.2, -0.15) is 5.10 Å². The van der Waals surface area contributed by atoms with Crippen LogP contribution >= 0.6 is 22.9 Å². The van der Waals surface area contributed by atoms with E-state index in [4.69, 9.17) is 11.6 Å². The molecular formula is C20H19ClN6OS. The largest absolute Gasteiger partial charge is 0.364 e. The zero-order chi connectivity index (χ0) is 20.1. The van der Waals surface area contributed by atoms with E-state index in [9.17, 15) is 4.79 Å². The zero-order valence-corrected chi connectivity index (χ0v) is 17.1. The minimum atomic E-state index is -0.0810. The average molecular weight is 427 g/mol. The third-order valence-electron chi connectivity index (χ3n) is 4.40. The Bertz CT molecular complexity index is 1110. The quantitative estimate of drug-likeness (QED) is 0.450. The van der Waals surface area contributed by atoms with Crippen molar-refractivity contribution in [3.8, 4) is 0 Å². The average Bonchev–Trinajstić information content (AvgIpc) is 3.38. The molecule has 7 nitrogen and oxygen atoms in total. The van der Waals surface area contributed by atoms with Gasteiger partial charge in [0.05, 0.1) is 31.1 Å². The highest BCUT2D eigenvalue weighted by Gasteiger charge is 2.11. The smallest absolute Gasteiger partial charge is 0.224 e. The van der Waals surface area contributed by atoms with E-state index in [0.717, 1.165) is 22.4 Å². The molecule has 0 atom stereocenters. The molecule has 3 aromatic heterocycles. The summed E-state index contributed by atoms with van der Waals surface area (Å²) in [6.07, 6.45) is 3.52. The van der Waals surface area contributed by atoms with Gasteiger partial charge in [0.15, 0.2) is 5.65 Å². The first kappa shape index (κ1) is 19.4. The molecule has 1 aromatic carbocycles. The minimum Gasteiger partial charge on any atom is -0.364 e. The van der Waals surface area contributed by atoms with E-state index < -0.39 is 0 Å². The lowest BCUT2D eigenvalue weighted by atomic mass is 10.1. The highest BCUT2D eigenvalue weighted by atomic mass is 35.5. The van der Waals surface area contributed by atoms with Gasteiger partial charge in [-0.15, -0.1) is 11.3 Å². The molecule has 29 heavy (non-hydrogen) atoms. The molecule has 0 bridgehead atoms. The number of thiophene rings is 1. The maximum atomic E-state index is 12.2. The molecule has 0 aliphatic heterocycles. The third-order valence-corrected chi connectivity index (χ3v) is 5.64. The molecule has 4 rings (SSSR count). The van der Waals surface area contributed by atoms with Crippen LogP contribution < -0.4 is 10.6 Å². The van der Waals surface area contributed by atoms with Gasteiger partial charge in [0.25, 0.3) is 0 Å². The van der Waals surface area contributed by atoms with Gasteiger partial charge in [-0.25, -0.2) is 14.6 Å². The van der Waals surface area contributed by atoms with Crippen molar-refractivity contribution >= 4 is 45.7 Å². The molecule has 1 amide bonds. The van der Waals surface area contributed by atoms with Crippen LogP contribution in [0.2, 0.25) is 5.02 Å². The number of anilines is 1. The molecule has 0 aliphatic carbocycles. The van der Waals surface area contributed by atoms with Crippen molar-refractivity contribution < 1.29 is 4.79 Å². The van der Waals surface area contributed by atoms with Crippen LogP contribution in [0.5, 0.6) is 0 Å². The number of hydrogen-bond donors (Lipinski definition) is 2. The normalized spacial score (nSPS) is 10.9. The lowest BCUT2D eigenvalue weighted by molar-refractivity contribution is -0.120. The highest BCUT2D eigenvalue weighted by molar-refractivity contribution is 7.09. The summed E-state index contributed by atoms with van der Waals surface area (Å²) in [5.74, 6) is 0.667. The fourth-order valence-electron chi connectivity index (χ4n) is 2.96. The predicted molar refractivity (Wildman–Crippen MR) is 115 cm³/mol. The van der Waals surface area contributed by atoms with Crippen molar-refractivity contribution in [3.05, 3.63) is 69.8 Å². The molecule has 3 heterocycles. The number of aromatic nitrogens is 4. The third kappa shape index (κ3) is 4.72. The Kier molecular flexibility index (Phi) is 6.02. The van der Waals surface area contributed by atoms with Crippen LogP contribution in [0.15, 0.2) is 54.3 Å². The molecule has 0 unspecified atom stereocenters. The summed E-state index contributed by atoms with van der Waals surface area (Å²) >= 11 is 7.80. The molecule has 148 valence electrons. The van der Waals surface area contributed by atoms with Crippen molar-refractivity contribution in [2.75, 3.05) is 11.9 Å². The fraction of sp³-hybridized carbons (Fsp3) is 0.200. The van der Waals surface area contributed by atoms with E-state index in [1.54, 1.807) is 28.3 Å².